The molecule has 0 radical (unpaired) electrons. The van der Waals surface area contributed by atoms with Gasteiger partial charge in [0.1, 0.15) is 11.9 Å². The lowest BCUT2D eigenvalue weighted by Crippen LogP contribution is -2.33. The fourth-order valence-electron chi connectivity index (χ4n) is 4.65. The molecule has 2 aliphatic heterocycles. The molecule has 2 heteroatoms. The van der Waals surface area contributed by atoms with Gasteiger partial charge in [-0.1, -0.05) is 89.5 Å². The van der Waals surface area contributed by atoms with Crippen molar-refractivity contribution in [3.8, 4) is 0 Å². The van der Waals surface area contributed by atoms with Crippen LogP contribution in [0.2, 0.25) is 0 Å². The van der Waals surface area contributed by atoms with Crippen molar-refractivity contribution in [3.63, 3.8) is 0 Å². The van der Waals surface area contributed by atoms with Crippen molar-refractivity contribution in [2.45, 2.75) is 38.9 Å². The van der Waals surface area contributed by atoms with E-state index in [-0.39, 0.29) is 6.10 Å². The zero-order valence-corrected chi connectivity index (χ0v) is 17.2. The number of rotatable bonds is 3. The zero-order chi connectivity index (χ0) is 20.0. The maximum absolute atomic E-state index is 6.90. The van der Waals surface area contributed by atoms with E-state index in [1.165, 1.54) is 27.8 Å². The Labute approximate surface area is 172 Å². The van der Waals surface area contributed by atoms with Crippen LogP contribution in [0, 0.1) is 20.8 Å². The van der Waals surface area contributed by atoms with E-state index >= 15 is 0 Å². The lowest BCUT2D eigenvalue weighted by molar-refractivity contribution is 0.00950. The number of hydrogen-bond donors (Lipinski definition) is 0. The second-order valence-corrected chi connectivity index (χ2v) is 8.34. The minimum absolute atomic E-state index is 0.109. The highest BCUT2D eigenvalue weighted by molar-refractivity contribution is 5.93. The molecule has 5 rings (SSSR count). The van der Waals surface area contributed by atoms with Gasteiger partial charge >= 0.3 is 0 Å². The Bertz CT molecular complexity index is 1090. The Morgan fingerprint density at radius 3 is 2.21 bits per heavy atom. The maximum atomic E-state index is 6.90. The van der Waals surface area contributed by atoms with E-state index in [0.29, 0.717) is 6.61 Å². The summed E-state index contributed by atoms with van der Waals surface area (Å²) in [5.74, 6) is 0.946. The molecule has 0 spiro atoms. The standard InChI is InChI=1S/C27H26O2/c1-18-10-12-21(13-11-18)25-24(22-8-4-6-19(2)16-22)26-27(29-25,14-15-28-26)23-9-5-7-20(3)17-23/h4-13,16-17,26H,14-15H2,1-3H3/t26-,27+/m0/s1. The summed E-state index contributed by atoms with van der Waals surface area (Å²) in [5.41, 5.74) is 7.92. The Morgan fingerprint density at radius 1 is 0.759 bits per heavy atom. The number of benzene rings is 3. The highest BCUT2D eigenvalue weighted by Crippen LogP contribution is 2.55. The maximum Gasteiger partial charge on any atom is 0.166 e. The smallest absolute Gasteiger partial charge is 0.166 e. The van der Waals surface area contributed by atoms with E-state index in [9.17, 15) is 0 Å². The summed E-state index contributed by atoms with van der Waals surface area (Å²) < 4.78 is 13.3. The molecule has 3 aromatic rings. The van der Waals surface area contributed by atoms with Crippen molar-refractivity contribution in [2.75, 3.05) is 6.61 Å². The van der Waals surface area contributed by atoms with Crippen LogP contribution in [0.15, 0.2) is 72.8 Å². The zero-order valence-electron chi connectivity index (χ0n) is 17.2. The predicted molar refractivity (Wildman–Crippen MR) is 117 cm³/mol. The van der Waals surface area contributed by atoms with Gasteiger partial charge in [0.25, 0.3) is 0 Å². The van der Waals surface area contributed by atoms with Crippen LogP contribution in [0.4, 0.5) is 0 Å². The molecular formula is C27H26O2. The van der Waals surface area contributed by atoms with Crippen molar-refractivity contribution < 1.29 is 9.47 Å². The quantitative estimate of drug-likeness (QED) is 0.537. The van der Waals surface area contributed by atoms with E-state index in [1.807, 2.05) is 0 Å². The monoisotopic (exact) mass is 382 g/mol. The van der Waals surface area contributed by atoms with E-state index in [4.69, 9.17) is 9.47 Å². The van der Waals surface area contributed by atoms with Crippen LogP contribution in [-0.4, -0.2) is 12.7 Å². The van der Waals surface area contributed by atoms with Gasteiger partial charge in [0.15, 0.2) is 5.60 Å². The Morgan fingerprint density at radius 2 is 1.48 bits per heavy atom. The van der Waals surface area contributed by atoms with Gasteiger partial charge in [0.2, 0.25) is 0 Å². The third kappa shape index (κ3) is 2.99. The highest BCUT2D eigenvalue weighted by Gasteiger charge is 2.55. The predicted octanol–water partition coefficient (Wildman–Crippen LogP) is 6.19. The van der Waals surface area contributed by atoms with Crippen molar-refractivity contribution in [3.05, 3.63) is 106 Å². The average Bonchev–Trinajstić information content (AvgIpc) is 3.26. The minimum Gasteiger partial charge on any atom is -0.478 e. The van der Waals surface area contributed by atoms with Gasteiger partial charge in [-0.2, -0.15) is 0 Å². The molecule has 1 fully saturated rings. The number of ether oxygens (including phenoxy) is 2. The van der Waals surface area contributed by atoms with Gasteiger partial charge in [-0.3, -0.25) is 0 Å². The molecule has 1 saturated heterocycles. The summed E-state index contributed by atoms with van der Waals surface area (Å²) in [4.78, 5) is 0. The van der Waals surface area contributed by atoms with Crippen LogP contribution < -0.4 is 0 Å². The number of hydrogen-bond acceptors (Lipinski definition) is 2. The van der Waals surface area contributed by atoms with Crippen molar-refractivity contribution in [1.29, 1.82) is 0 Å². The molecule has 0 bridgehead atoms. The minimum atomic E-state index is -0.467. The molecule has 0 amide bonds. The fraction of sp³-hybridized carbons (Fsp3) is 0.259. The Balaban J connectivity index is 1.72. The molecule has 0 aromatic heterocycles. The van der Waals surface area contributed by atoms with E-state index in [0.717, 1.165) is 23.3 Å². The third-order valence-electron chi connectivity index (χ3n) is 6.12. The first-order valence-corrected chi connectivity index (χ1v) is 10.3. The third-order valence-corrected chi connectivity index (χ3v) is 6.12. The van der Waals surface area contributed by atoms with Crippen LogP contribution in [0.25, 0.3) is 11.3 Å². The summed E-state index contributed by atoms with van der Waals surface area (Å²) in [6.45, 7) is 7.08. The van der Waals surface area contributed by atoms with Gasteiger partial charge < -0.3 is 9.47 Å². The fourth-order valence-corrected chi connectivity index (χ4v) is 4.65. The Hall–Kier alpha value is -2.84. The molecule has 2 heterocycles. The second kappa shape index (κ2) is 6.89. The van der Waals surface area contributed by atoms with Gasteiger partial charge in [0.05, 0.1) is 6.61 Å². The summed E-state index contributed by atoms with van der Waals surface area (Å²) in [6.07, 6.45) is 0.744. The molecule has 2 nitrogen and oxygen atoms in total. The van der Waals surface area contributed by atoms with Crippen LogP contribution in [0.5, 0.6) is 0 Å². The van der Waals surface area contributed by atoms with Gasteiger partial charge in [-0.15, -0.1) is 0 Å². The van der Waals surface area contributed by atoms with Crippen LogP contribution >= 0.6 is 0 Å². The van der Waals surface area contributed by atoms with Crippen LogP contribution in [0.3, 0.4) is 0 Å². The molecule has 0 unspecified atom stereocenters. The lowest BCUT2D eigenvalue weighted by Gasteiger charge is -2.30. The average molecular weight is 383 g/mol. The summed E-state index contributed by atoms with van der Waals surface area (Å²) in [5, 5.41) is 0. The van der Waals surface area contributed by atoms with E-state index in [1.54, 1.807) is 0 Å². The molecule has 29 heavy (non-hydrogen) atoms. The van der Waals surface area contributed by atoms with Gasteiger partial charge in [0, 0.05) is 17.6 Å². The van der Waals surface area contributed by atoms with Crippen molar-refractivity contribution in [2.24, 2.45) is 0 Å². The normalized spacial score (nSPS) is 23.2. The molecule has 3 aromatic carbocycles. The highest BCUT2D eigenvalue weighted by atomic mass is 16.6. The first-order valence-electron chi connectivity index (χ1n) is 10.3. The van der Waals surface area contributed by atoms with E-state index in [2.05, 4.69) is 93.6 Å². The summed E-state index contributed by atoms with van der Waals surface area (Å²) in [6, 6.07) is 26.0. The van der Waals surface area contributed by atoms with Crippen LogP contribution in [0.1, 0.15) is 39.8 Å². The molecule has 0 N–H and O–H groups in total. The topological polar surface area (TPSA) is 18.5 Å². The molecule has 2 atom stereocenters. The molecule has 2 aliphatic rings. The first kappa shape index (κ1) is 18.2. The number of fused-ring (bicyclic) bond motifs is 1. The molecule has 146 valence electrons. The van der Waals surface area contributed by atoms with Crippen molar-refractivity contribution in [1.82, 2.24) is 0 Å². The SMILES string of the molecule is Cc1ccc(C2=C(c3cccc(C)c3)[C@@H]3OCC[C@]3(c3cccc(C)c3)O2)cc1. The van der Waals surface area contributed by atoms with E-state index < -0.39 is 5.60 Å². The Kier molecular flexibility index (Phi) is 4.33. The molecular weight excluding hydrogens is 356 g/mol. The summed E-state index contributed by atoms with van der Waals surface area (Å²) >= 11 is 0. The van der Waals surface area contributed by atoms with Gasteiger partial charge in [-0.25, -0.2) is 0 Å². The molecule has 0 aliphatic carbocycles. The first-order chi connectivity index (χ1) is 14.1. The number of aryl methyl sites for hydroxylation is 3. The lowest BCUT2D eigenvalue weighted by atomic mass is 9.82. The molecule has 0 saturated carbocycles. The summed E-state index contributed by atoms with van der Waals surface area (Å²) in [7, 11) is 0. The largest absolute Gasteiger partial charge is 0.478 e. The van der Waals surface area contributed by atoms with Crippen molar-refractivity contribution >= 4 is 11.3 Å². The van der Waals surface area contributed by atoms with Crippen LogP contribution in [-0.2, 0) is 15.1 Å². The van der Waals surface area contributed by atoms with Gasteiger partial charge in [-0.05, 0) is 31.9 Å². The second-order valence-electron chi connectivity index (χ2n) is 8.34.